The lowest BCUT2D eigenvalue weighted by Gasteiger charge is -2.31. The van der Waals surface area contributed by atoms with E-state index in [-0.39, 0.29) is 37.4 Å². The molecule has 0 aromatic rings. The summed E-state index contributed by atoms with van der Waals surface area (Å²) in [6.45, 7) is 4.27. The standard InChI is InChI=1S/C15H22ClNO4S/c1-9(2)11(20-15-14(17)21-15)12(19-8-18-3)13-10(16)6-4-5-7-22-13/h4-7,9,11-12,14-15H,8,17H2,1-3H3/t11-,12+,14?,15?/m0/s1. The van der Waals surface area contributed by atoms with Gasteiger partial charge in [0, 0.05) is 12.0 Å². The molecule has 0 aliphatic carbocycles. The fraction of sp³-hybridized carbons (Fsp3) is 0.600. The number of nitrogens with two attached hydrogens (primary N) is 1. The van der Waals surface area contributed by atoms with Gasteiger partial charge in [0.2, 0.25) is 0 Å². The second-order valence-electron chi connectivity index (χ2n) is 5.33. The third-order valence-corrected chi connectivity index (χ3v) is 4.66. The van der Waals surface area contributed by atoms with Crippen LogP contribution in [0.3, 0.4) is 0 Å². The monoisotopic (exact) mass is 347 g/mol. The number of allylic oxidation sites excluding steroid dienone is 4. The van der Waals surface area contributed by atoms with Crippen molar-refractivity contribution in [3.8, 4) is 0 Å². The molecule has 7 heteroatoms. The maximum atomic E-state index is 6.39. The molecule has 0 aromatic heterocycles. The molecule has 2 aliphatic rings. The maximum absolute atomic E-state index is 6.39. The van der Waals surface area contributed by atoms with Crippen molar-refractivity contribution in [2.24, 2.45) is 11.7 Å². The summed E-state index contributed by atoms with van der Waals surface area (Å²) in [4.78, 5) is 0.886. The molecule has 22 heavy (non-hydrogen) atoms. The summed E-state index contributed by atoms with van der Waals surface area (Å²) < 4.78 is 22.1. The Morgan fingerprint density at radius 3 is 2.73 bits per heavy atom. The Hall–Kier alpha value is -0.340. The van der Waals surface area contributed by atoms with E-state index in [1.54, 1.807) is 7.11 Å². The minimum atomic E-state index is -0.387. The van der Waals surface area contributed by atoms with Gasteiger partial charge in [-0.05, 0) is 17.4 Å². The summed E-state index contributed by atoms with van der Waals surface area (Å²) in [6, 6.07) is 0. The van der Waals surface area contributed by atoms with Gasteiger partial charge in [-0.3, -0.25) is 0 Å². The Bertz CT molecular complexity index is 466. The van der Waals surface area contributed by atoms with Crippen LogP contribution in [0.25, 0.3) is 0 Å². The summed E-state index contributed by atoms with van der Waals surface area (Å²) in [6.07, 6.45) is 4.30. The van der Waals surface area contributed by atoms with Crippen molar-refractivity contribution in [3.63, 3.8) is 0 Å². The summed E-state index contributed by atoms with van der Waals surface area (Å²) >= 11 is 7.91. The third kappa shape index (κ3) is 4.83. The first-order chi connectivity index (χ1) is 10.5. The maximum Gasteiger partial charge on any atom is 0.199 e. The van der Waals surface area contributed by atoms with Crippen LogP contribution >= 0.6 is 23.4 Å². The van der Waals surface area contributed by atoms with E-state index in [0.29, 0.717) is 5.03 Å². The molecule has 2 unspecified atom stereocenters. The molecule has 0 saturated carbocycles. The number of epoxide rings is 1. The normalized spacial score (nSPS) is 27.2. The fourth-order valence-electron chi connectivity index (χ4n) is 2.05. The van der Waals surface area contributed by atoms with E-state index < -0.39 is 0 Å². The molecular weight excluding hydrogens is 326 g/mol. The number of ether oxygens (including phenoxy) is 4. The fourth-order valence-corrected chi connectivity index (χ4v) is 3.20. The topological polar surface area (TPSA) is 66.2 Å². The SMILES string of the molecule is COCO[C@@H](C1=C(Cl)C=CC=CS1)[C@@H](OC1OC1N)C(C)C. The molecule has 4 atom stereocenters. The van der Waals surface area contributed by atoms with E-state index in [1.807, 2.05) is 23.6 Å². The summed E-state index contributed by atoms with van der Waals surface area (Å²) in [5.41, 5.74) is 5.67. The molecule has 124 valence electrons. The van der Waals surface area contributed by atoms with E-state index in [2.05, 4.69) is 13.8 Å². The van der Waals surface area contributed by atoms with Gasteiger partial charge in [-0.2, -0.15) is 0 Å². The third-order valence-electron chi connectivity index (χ3n) is 3.22. The predicted octanol–water partition coefficient (Wildman–Crippen LogP) is 2.92. The van der Waals surface area contributed by atoms with Crippen LogP contribution in [0.1, 0.15) is 13.8 Å². The van der Waals surface area contributed by atoms with Crippen LogP contribution in [-0.4, -0.2) is 38.6 Å². The van der Waals surface area contributed by atoms with Crippen LogP contribution in [0.5, 0.6) is 0 Å². The van der Waals surface area contributed by atoms with Crippen molar-refractivity contribution in [1.29, 1.82) is 0 Å². The molecule has 2 aliphatic heterocycles. The molecule has 0 radical (unpaired) electrons. The van der Waals surface area contributed by atoms with Crippen LogP contribution in [-0.2, 0) is 18.9 Å². The molecule has 2 heterocycles. The zero-order chi connectivity index (χ0) is 16.1. The van der Waals surface area contributed by atoms with Gasteiger partial charge in [0.05, 0.1) is 11.1 Å². The quantitative estimate of drug-likeness (QED) is 0.538. The minimum absolute atomic E-state index is 0.149. The molecular formula is C15H22ClNO4S. The van der Waals surface area contributed by atoms with Gasteiger partial charge < -0.3 is 24.7 Å². The number of rotatable bonds is 8. The molecule has 1 saturated heterocycles. The van der Waals surface area contributed by atoms with Crippen LogP contribution in [0.2, 0.25) is 0 Å². The smallest absolute Gasteiger partial charge is 0.199 e. The highest BCUT2D eigenvalue weighted by molar-refractivity contribution is 8.06. The van der Waals surface area contributed by atoms with Gasteiger partial charge in [0.1, 0.15) is 12.9 Å². The van der Waals surface area contributed by atoms with Gasteiger partial charge in [-0.25, -0.2) is 0 Å². The second kappa shape index (κ2) is 8.49. The summed E-state index contributed by atoms with van der Waals surface area (Å²) in [5, 5.41) is 2.59. The molecule has 0 bridgehead atoms. The number of methoxy groups -OCH3 is 1. The predicted molar refractivity (Wildman–Crippen MR) is 88.1 cm³/mol. The first-order valence-corrected chi connectivity index (χ1v) is 8.37. The first kappa shape index (κ1) is 18.0. The van der Waals surface area contributed by atoms with E-state index in [9.17, 15) is 0 Å². The van der Waals surface area contributed by atoms with E-state index in [1.165, 1.54) is 11.8 Å². The Morgan fingerprint density at radius 2 is 2.14 bits per heavy atom. The number of hydrogen-bond donors (Lipinski definition) is 1. The highest BCUT2D eigenvalue weighted by Gasteiger charge is 2.42. The Labute approximate surface area is 140 Å². The highest BCUT2D eigenvalue weighted by Crippen LogP contribution is 2.36. The van der Waals surface area contributed by atoms with Crippen molar-refractivity contribution in [3.05, 3.63) is 33.6 Å². The average Bonchev–Trinajstić information content (AvgIpc) is 3.21. The molecule has 0 aromatic carbocycles. The molecule has 5 nitrogen and oxygen atoms in total. The van der Waals surface area contributed by atoms with Crippen LogP contribution in [0, 0.1) is 5.92 Å². The molecule has 2 N–H and O–H groups in total. The number of thioether (sulfide) groups is 1. The molecule has 2 rings (SSSR count). The van der Waals surface area contributed by atoms with Crippen LogP contribution in [0.4, 0.5) is 0 Å². The van der Waals surface area contributed by atoms with Crippen molar-refractivity contribution < 1.29 is 18.9 Å². The zero-order valence-corrected chi connectivity index (χ0v) is 14.5. The van der Waals surface area contributed by atoms with Gasteiger partial charge in [0.15, 0.2) is 12.5 Å². The van der Waals surface area contributed by atoms with E-state index >= 15 is 0 Å². The van der Waals surface area contributed by atoms with Crippen molar-refractivity contribution in [2.75, 3.05) is 13.9 Å². The Morgan fingerprint density at radius 1 is 1.41 bits per heavy atom. The lowest BCUT2D eigenvalue weighted by molar-refractivity contribution is -0.139. The molecule has 0 spiro atoms. The van der Waals surface area contributed by atoms with Crippen LogP contribution in [0.15, 0.2) is 33.6 Å². The van der Waals surface area contributed by atoms with Crippen LogP contribution < -0.4 is 5.73 Å². The largest absolute Gasteiger partial charge is 0.359 e. The van der Waals surface area contributed by atoms with Gasteiger partial charge in [0.25, 0.3) is 0 Å². The van der Waals surface area contributed by atoms with Gasteiger partial charge in [-0.1, -0.05) is 49.4 Å². The Kier molecular flexibility index (Phi) is 6.95. The number of hydrogen-bond acceptors (Lipinski definition) is 6. The summed E-state index contributed by atoms with van der Waals surface area (Å²) in [7, 11) is 1.58. The number of halogens is 1. The van der Waals surface area contributed by atoms with Crippen molar-refractivity contribution >= 4 is 23.4 Å². The summed E-state index contributed by atoms with van der Waals surface area (Å²) in [5.74, 6) is 0.187. The molecule has 1 fully saturated rings. The Balaban J connectivity index is 2.21. The van der Waals surface area contributed by atoms with Crippen molar-refractivity contribution in [1.82, 2.24) is 0 Å². The van der Waals surface area contributed by atoms with Crippen molar-refractivity contribution in [2.45, 2.75) is 38.6 Å². The molecule has 0 amide bonds. The first-order valence-electron chi connectivity index (χ1n) is 7.11. The highest BCUT2D eigenvalue weighted by atomic mass is 35.5. The lowest BCUT2D eigenvalue weighted by atomic mass is 10.0. The van der Waals surface area contributed by atoms with Gasteiger partial charge in [-0.15, -0.1) is 0 Å². The van der Waals surface area contributed by atoms with E-state index in [0.717, 1.165) is 4.91 Å². The zero-order valence-electron chi connectivity index (χ0n) is 12.9. The van der Waals surface area contributed by atoms with Gasteiger partial charge >= 0.3 is 0 Å². The average molecular weight is 348 g/mol. The second-order valence-corrected chi connectivity index (χ2v) is 6.68. The lowest BCUT2D eigenvalue weighted by Crippen LogP contribution is -2.39. The van der Waals surface area contributed by atoms with E-state index in [4.69, 9.17) is 36.3 Å². The minimum Gasteiger partial charge on any atom is -0.359 e.